The number of aryl methyl sites for hydroxylation is 1. The zero-order chi connectivity index (χ0) is 19.7. The Morgan fingerprint density at radius 2 is 1.89 bits per heavy atom. The van der Waals surface area contributed by atoms with Crippen molar-refractivity contribution >= 4 is 32.9 Å². The predicted octanol–water partition coefficient (Wildman–Crippen LogP) is 4.05. The molecule has 3 aromatic heterocycles. The average molecular weight is 411 g/mol. The number of benzene rings is 1. The molecule has 0 saturated carbocycles. The second-order valence-corrected chi connectivity index (χ2v) is 8.98. The van der Waals surface area contributed by atoms with Crippen molar-refractivity contribution in [2.75, 3.05) is 7.05 Å². The van der Waals surface area contributed by atoms with Gasteiger partial charge in [-0.25, -0.2) is 4.98 Å². The first kappa shape index (κ1) is 19.1. The van der Waals surface area contributed by atoms with Gasteiger partial charge in [0.1, 0.15) is 17.4 Å². The number of aromatic amines is 1. The maximum absolute atomic E-state index is 12.8. The zero-order valence-electron chi connectivity index (χ0n) is 16.3. The van der Waals surface area contributed by atoms with Crippen molar-refractivity contribution in [2.24, 2.45) is 0 Å². The van der Waals surface area contributed by atoms with Crippen LogP contribution in [0.15, 0.2) is 52.0 Å². The molecule has 1 aromatic carbocycles. The quantitative estimate of drug-likeness (QED) is 0.504. The highest BCUT2D eigenvalue weighted by Gasteiger charge is 2.21. The number of thiophene rings is 2. The van der Waals surface area contributed by atoms with Gasteiger partial charge in [-0.2, -0.15) is 0 Å². The van der Waals surface area contributed by atoms with Gasteiger partial charge in [0.05, 0.1) is 12.4 Å². The number of nitrogens with zero attached hydrogens (tertiary/aromatic N) is 1. The van der Waals surface area contributed by atoms with E-state index in [0.29, 0.717) is 5.39 Å². The number of quaternary nitrogens is 1. The zero-order valence-corrected chi connectivity index (χ0v) is 17.9. The molecule has 4 nitrogen and oxygen atoms in total. The fourth-order valence-electron chi connectivity index (χ4n) is 3.39. The third kappa shape index (κ3) is 3.68. The standard InChI is InChI=1S/C22H23N3OS2/c1-4-15-7-9-16(10-8-15)12-25(3)14(2)20-23-21(26)19-17(13-28-22(19)24-20)18-6-5-11-27-18/h5-11,13-14H,4,12H2,1-3H3,(H,23,24,26)/p+1/t14-/m0/s1. The lowest BCUT2D eigenvalue weighted by Crippen LogP contribution is -3.07. The Balaban J connectivity index is 1.60. The van der Waals surface area contributed by atoms with E-state index in [2.05, 4.69) is 50.1 Å². The van der Waals surface area contributed by atoms with Crippen LogP contribution in [0.4, 0.5) is 0 Å². The predicted molar refractivity (Wildman–Crippen MR) is 118 cm³/mol. The van der Waals surface area contributed by atoms with E-state index in [0.717, 1.165) is 34.1 Å². The maximum atomic E-state index is 12.8. The molecule has 2 atom stereocenters. The molecule has 0 fully saturated rings. The van der Waals surface area contributed by atoms with Crippen molar-refractivity contribution in [1.82, 2.24) is 9.97 Å². The van der Waals surface area contributed by atoms with Gasteiger partial charge >= 0.3 is 0 Å². The normalized spacial score (nSPS) is 13.7. The summed E-state index contributed by atoms with van der Waals surface area (Å²) in [6, 6.07) is 12.9. The van der Waals surface area contributed by atoms with Crippen LogP contribution in [0.3, 0.4) is 0 Å². The van der Waals surface area contributed by atoms with Gasteiger partial charge in [-0.15, -0.1) is 22.7 Å². The monoisotopic (exact) mass is 410 g/mol. The molecule has 2 N–H and O–H groups in total. The third-order valence-electron chi connectivity index (χ3n) is 5.31. The molecule has 0 amide bonds. The summed E-state index contributed by atoms with van der Waals surface area (Å²) < 4.78 is 0. The number of fused-ring (bicyclic) bond motifs is 1. The molecular weight excluding hydrogens is 386 g/mol. The van der Waals surface area contributed by atoms with Gasteiger partial charge in [0.25, 0.3) is 5.56 Å². The molecule has 3 heterocycles. The fourth-order valence-corrected chi connectivity index (χ4v) is 5.15. The molecule has 144 valence electrons. The highest BCUT2D eigenvalue weighted by Crippen LogP contribution is 2.33. The van der Waals surface area contributed by atoms with Crippen LogP contribution < -0.4 is 10.5 Å². The highest BCUT2D eigenvalue weighted by atomic mass is 32.1. The minimum atomic E-state index is -0.0448. The highest BCUT2D eigenvalue weighted by molar-refractivity contribution is 7.18. The van der Waals surface area contributed by atoms with E-state index >= 15 is 0 Å². The molecule has 28 heavy (non-hydrogen) atoms. The minimum Gasteiger partial charge on any atom is -0.325 e. The number of nitrogens with one attached hydrogen (secondary N) is 2. The summed E-state index contributed by atoms with van der Waals surface area (Å²) in [6.07, 6.45) is 1.05. The van der Waals surface area contributed by atoms with Crippen molar-refractivity contribution in [1.29, 1.82) is 0 Å². The Morgan fingerprint density at radius 1 is 1.14 bits per heavy atom. The lowest BCUT2D eigenvalue weighted by Gasteiger charge is -2.21. The van der Waals surface area contributed by atoms with Crippen LogP contribution in [0.5, 0.6) is 0 Å². The molecule has 6 heteroatoms. The Kier molecular flexibility index (Phi) is 5.44. The van der Waals surface area contributed by atoms with Crippen LogP contribution in [0.1, 0.15) is 36.8 Å². The Hall–Kier alpha value is -2.28. The van der Waals surface area contributed by atoms with E-state index in [1.54, 1.807) is 22.7 Å². The summed E-state index contributed by atoms with van der Waals surface area (Å²) in [7, 11) is 2.15. The largest absolute Gasteiger partial charge is 0.325 e. The molecule has 0 radical (unpaired) electrons. The van der Waals surface area contributed by atoms with Crippen molar-refractivity contribution in [2.45, 2.75) is 32.9 Å². The number of hydrogen-bond acceptors (Lipinski definition) is 4. The first-order chi connectivity index (χ1) is 13.6. The Bertz CT molecular complexity index is 1130. The van der Waals surface area contributed by atoms with E-state index in [4.69, 9.17) is 4.98 Å². The smallest absolute Gasteiger partial charge is 0.260 e. The topological polar surface area (TPSA) is 50.2 Å². The summed E-state index contributed by atoms with van der Waals surface area (Å²) in [4.78, 5) is 23.9. The number of rotatable bonds is 6. The van der Waals surface area contributed by atoms with E-state index in [9.17, 15) is 4.79 Å². The van der Waals surface area contributed by atoms with Gasteiger partial charge in [0.15, 0.2) is 5.82 Å². The number of aromatic nitrogens is 2. The van der Waals surface area contributed by atoms with Crippen molar-refractivity contribution in [3.63, 3.8) is 0 Å². The van der Waals surface area contributed by atoms with Crippen molar-refractivity contribution < 1.29 is 4.90 Å². The average Bonchev–Trinajstić information content (AvgIpc) is 3.37. The first-order valence-electron chi connectivity index (χ1n) is 9.52. The van der Waals surface area contributed by atoms with Crippen LogP contribution >= 0.6 is 22.7 Å². The van der Waals surface area contributed by atoms with Crippen LogP contribution in [0, 0.1) is 0 Å². The lowest BCUT2D eigenvalue weighted by molar-refractivity contribution is -0.924. The Labute approximate surface area is 172 Å². The number of H-pyrrole nitrogens is 1. The van der Waals surface area contributed by atoms with Gasteiger partial charge in [-0.3, -0.25) is 4.79 Å². The van der Waals surface area contributed by atoms with Crippen molar-refractivity contribution in [3.05, 3.63) is 74.5 Å². The van der Waals surface area contributed by atoms with Gasteiger partial charge in [-0.1, -0.05) is 37.3 Å². The molecule has 1 unspecified atom stereocenters. The molecule has 0 aliphatic rings. The van der Waals surface area contributed by atoms with Crippen LogP contribution in [-0.4, -0.2) is 17.0 Å². The molecule has 0 aliphatic carbocycles. The fraction of sp³-hybridized carbons (Fsp3) is 0.273. The molecule has 0 spiro atoms. The van der Waals surface area contributed by atoms with E-state index in [1.807, 2.05) is 22.9 Å². The van der Waals surface area contributed by atoms with Crippen LogP contribution in [0.2, 0.25) is 0 Å². The summed E-state index contributed by atoms with van der Waals surface area (Å²) in [6.45, 7) is 5.17. The van der Waals surface area contributed by atoms with E-state index < -0.39 is 0 Å². The Morgan fingerprint density at radius 3 is 2.57 bits per heavy atom. The molecule has 4 rings (SSSR count). The minimum absolute atomic E-state index is 0.0448. The second-order valence-electron chi connectivity index (χ2n) is 7.17. The summed E-state index contributed by atoms with van der Waals surface area (Å²) >= 11 is 3.19. The molecule has 4 aromatic rings. The molecule has 0 aliphatic heterocycles. The van der Waals surface area contributed by atoms with E-state index in [1.165, 1.54) is 16.0 Å². The van der Waals surface area contributed by atoms with Crippen LogP contribution in [0.25, 0.3) is 20.7 Å². The summed E-state index contributed by atoms with van der Waals surface area (Å²) in [5, 5.41) is 4.78. The van der Waals surface area contributed by atoms with Gasteiger partial charge < -0.3 is 9.88 Å². The maximum Gasteiger partial charge on any atom is 0.260 e. The first-order valence-corrected chi connectivity index (χ1v) is 11.3. The number of hydrogen-bond donors (Lipinski definition) is 2. The van der Waals surface area contributed by atoms with Crippen molar-refractivity contribution in [3.8, 4) is 10.4 Å². The summed E-state index contributed by atoms with van der Waals surface area (Å²) in [5.74, 6) is 0.750. The van der Waals surface area contributed by atoms with Gasteiger partial charge in [0, 0.05) is 21.4 Å². The van der Waals surface area contributed by atoms with Gasteiger partial charge in [-0.05, 0) is 30.4 Å². The summed E-state index contributed by atoms with van der Waals surface area (Å²) in [5.41, 5.74) is 3.59. The van der Waals surface area contributed by atoms with E-state index in [-0.39, 0.29) is 11.6 Å². The van der Waals surface area contributed by atoms with Crippen LogP contribution in [-0.2, 0) is 13.0 Å². The third-order valence-corrected chi connectivity index (χ3v) is 7.09. The SMILES string of the molecule is CCc1ccc(C[NH+](C)[C@@H](C)c2nc3scc(-c4cccs4)c3c(=O)[nH]2)cc1. The molecular formula is C22H24N3OS2+. The second kappa shape index (κ2) is 7.99. The van der Waals surface area contributed by atoms with Gasteiger partial charge in [0.2, 0.25) is 0 Å². The molecule has 0 saturated heterocycles. The molecule has 0 bridgehead atoms. The lowest BCUT2D eigenvalue weighted by atomic mass is 10.1.